The Kier molecular flexibility index (Phi) is 8.71. The van der Waals surface area contributed by atoms with Crippen LogP contribution in [0.2, 0.25) is 0 Å². The van der Waals surface area contributed by atoms with E-state index in [1.807, 2.05) is 24.3 Å². The number of thioether (sulfide) groups is 1. The highest BCUT2D eigenvalue weighted by molar-refractivity contribution is 8.00. The summed E-state index contributed by atoms with van der Waals surface area (Å²) >= 11 is 1.28. The summed E-state index contributed by atoms with van der Waals surface area (Å²) in [6.07, 6.45) is 9.64. The molecule has 2 aromatic rings. The minimum atomic E-state index is -0.142. The van der Waals surface area contributed by atoms with E-state index >= 15 is 0 Å². The second-order valence-corrected chi connectivity index (χ2v) is 9.05. The molecular formula is C25H31N3O2S. The lowest BCUT2D eigenvalue weighted by molar-refractivity contribution is -0.113. The van der Waals surface area contributed by atoms with Gasteiger partial charge in [-0.3, -0.25) is 9.59 Å². The summed E-state index contributed by atoms with van der Waals surface area (Å²) in [6.45, 7) is 4.90. The molecule has 0 atom stereocenters. The van der Waals surface area contributed by atoms with Crippen LogP contribution in [0.25, 0.3) is 0 Å². The Morgan fingerprint density at radius 1 is 1.13 bits per heavy atom. The highest BCUT2D eigenvalue weighted by Gasteiger charge is 2.14. The van der Waals surface area contributed by atoms with Gasteiger partial charge in [-0.15, -0.1) is 0 Å². The number of pyridine rings is 1. The van der Waals surface area contributed by atoms with E-state index in [-0.39, 0.29) is 17.6 Å². The largest absolute Gasteiger partial charge is 0.352 e. The van der Waals surface area contributed by atoms with Gasteiger partial charge in [-0.05, 0) is 67.9 Å². The molecule has 31 heavy (non-hydrogen) atoms. The van der Waals surface area contributed by atoms with Crippen molar-refractivity contribution in [2.45, 2.75) is 56.9 Å². The summed E-state index contributed by atoms with van der Waals surface area (Å²) in [5.74, 6) is 0.379. The molecule has 2 N–H and O–H groups in total. The SMILES string of the molecule is CC(C)c1ccc(NC(=O)CSc2ncccc2C(=O)NCCC2=CCCCC2)cc1. The average Bonchev–Trinajstić information content (AvgIpc) is 2.79. The smallest absolute Gasteiger partial charge is 0.254 e. The normalized spacial score (nSPS) is 13.6. The molecular weight excluding hydrogens is 406 g/mol. The predicted molar refractivity (Wildman–Crippen MR) is 128 cm³/mol. The average molecular weight is 438 g/mol. The molecule has 0 fully saturated rings. The van der Waals surface area contributed by atoms with Crippen LogP contribution in [0.5, 0.6) is 0 Å². The van der Waals surface area contributed by atoms with Crippen molar-refractivity contribution < 1.29 is 9.59 Å². The summed E-state index contributed by atoms with van der Waals surface area (Å²) in [6, 6.07) is 11.4. The maximum Gasteiger partial charge on any atom is 0.254 e. The van der Waals surface area contributed by atoms with Crippen LogP contribution in [0.1, 0.15) is 67.8 Å². The van der Waals surface area contributed by atoms with Gasteiger partial charge in [0.05, 0.1) is 11.3 Å². The molecule has 1 aliphatic rings. The van der Waals surface area contributed by atoms with E-state index in [0.717, 1.165) is 24.9 Å². The lowest BCUT2D eigenvalue weighted by Crippen LogP contribution is -2.26. The van der Waals surface area contributed by atoms with Crippen LogP contribution in [0.4, 0.5) is 5.69 Å². The maximum absolute atomic E-state index is 12.6. The minimum absolute atomic E-state index is 0.122. The number of carbonyl (C=O) groups excluding carboxylic acids is 2. The third-order valence-corrected chi connectivity index (χ3v) is 6.34. The molecule has 3 rings (SSSR count). The highest BCUT2D eigenvalue weighted by atomic mass is 32.2. The van der Waals surface area contributed by atoms with Gasteiger partial charge in [0.1, 0.15) is 5.03 Å². The van der Waals surface area contributed by atoms with Gasteiger partial charge in [0.25, 0.3) is 5.91 Å². The van der Waals surface area contributed by atoms with Gasteiger partial charge in [0.2, 0.25) is 5.91 Å². The lowest BCUT2D eigenvalue weighted by atomic mass is 9.97. The Morgan fingerprint density at radius 3 is 2.65 bits per heavy atom. The van der Waals surface area contributed by atoms with E-state index in [2.05, 4.69) is 35.5 Å². The van der Waals surface area contributed by atoms with E-state index < -0.39 is 0 Å². The Bertz CT molecular complexity index is 923. The molecule has 1 aliphatic carbocycles. The molecule has 0 saturated carbocycles. The molecule has 2 amide bonds. The number of hydrogen-bond donors (Lipinski definition) is 2. The third kappa shape index (κ3) is 7.24. The number of allylic oxidation sites excluding steroid dienone is 1. The van der Waals surface area contributed by atoms with Gasteiger partial charge >= 0.3 is 0 Å². The fourth-order valence-corrected chi connectivity index (χ4v) is 4.32. The lowest BCUT2D eigenvalue weighted by Gasteiger charge is -2.13. The molecule has 1 aromatic heterocycles. The fourth-order valence-electron chi connectivity index (χ4n) is 3.52. The summed E-state index contributed by atoms with van der Waals surface area (Å²) in [5.41, 5.74) is 3.95. The van der Waals surface area contributed by atoms with Crippen molar-refractivity contribution >= 4 is 29.3 Å². The molecule has 1 aromatic carbocycles. The van der Waals surface area contributed by atoms with Gasteiger partial charge in [-0.1, -0.05) is 49.4 Å². The number of nitrogens with one attached hydrogen (secondary N) is 2. The van der Waals surface area contributed by atoms with E-state index in [9.17, 15) is 9.59 Å². The van der Waals surface area contributed by atoms with Gasteiger partial charge in [-0.25, -0.2) is 4.98 Å². The van der Waals surface area contributed by atoms with Crippen molar-refractivity contribution in [3.05, 3.63) is 65.4 Å². The maximum atomic E-state index is 12.6. The molecule has 0 aliphatic heterocycles. The van der Waals surface area contributed by atoms with Crippen LogP contribution in [-0.4, -0.2) is 29.1 Å². The van der Waals surface area contributed by atoms with Gasteiger partial charge in [0, 0.05) is 18.4 Å². The zero-order chi connectivity index (χ0) is 22.1. The number of anilines is 1. The Labute approximate surface area is 189 Å². The molecule has 0 radical (unpaired) electrons. The van der Waals surface area contributed by atoms with Crippen LogP contribution in [-0.2, 0) is 4.79 Å². The molecule has 6 heteroatoms. The molecule has 164 valence electrons. The minimum Gasteiger partial charge on any atom is -0.352 e. The van der Waals surface area contributed by atoms with Crippen molar-refractivity contribution in [3.63, 3.8) is 0 Å². The van der Waals surface area contributed by atoms with E-state index in [1.165, 1.54) is 35.7 Å². The van der Waals surface area contributed by atoms with Crippen molar-refractivity contribution in [1.82, 2.24) is 10.3 Å². The molecule has 0 bridgehead atoms. The number of benzene rings is 1. The quantitative estimate of drug-likeness (QED) is 0.398. The number of aromatic nitrogens is 1. The zero-order valence-electron chi connectivity index (χ0n) is 18.3. The number of carbonyl (C=O) groups is 2. The van der Waals surface area contributed by atoms with E-state index in [1.54, 1.807) is 18.3 Å². The summed E-state index contributed by atoms with van der Waals surface area (Å²) in [4.78, 5) is 29.3. The Morgan fingerprint density at radius 2 is 1.94 bits per heavy atom. The first-order valence-electron chi connectivity index (χ1n) is 11.0. The van der Waals surface area contributed by atoms with Crippen molar-refractivity contribution in [2.75, 3.05) is 17.6 Å². The van der Waals surface area contributed by atoms with Gasteiger partial charge < -0.3 is 10.6 Å². The van der Waals surface area contributed by atoms with Crippen LogP contribution < -0.4 is 10.6 Å². The first-order valence-corrected chi connectivity index (χ1v) is 11.9. The standard InChI is InChI=1S/C25H31N3O2S/c1-18(2)20-10-12-21(13-11-20)28-23(29)17-31-25-22(9-6-15-27-25)24(30)26-16-14-19-7-4-3-5-8-19/h6-7,9-13,15,18H,3-5,8,14,16-17H2,1-2H3,(H,26,30)(H,28,29). The monoisotopic (exact) mass is 437 g/mol. The van der Waals surface area contributed by atoms with Crippen molar-refractivity contribution in [2.24, 2.45) is 0 Å². The van der Waals surface area contributed by atoms with Crippen molar-refractivity contribution in [3.8, 4) is 0 Å². The third-order valence-electron chi connectivity index (χ3n) is 5.33. The Hall–Kier alpha value is -2.60. The first kappa shape index (κ1) is 23.1. The number of amides is 2. The topological polar surface area (TPSA) is 71.1 Å². The van der Waals surface area contributed by atoms with Crippen LogP contribution in [0.3, 0.4) is 0 Å². The summed E-state index contributed by atoms with van der Waals surface area (Å²) < 4.78 is 0. The fraction of sp³-hybridized carbons (Fsp3) is 0.400. The van der Waals surface area contributed by atoms with Crippen LogP contribution >= 0.6 is 11.8 Å². The highest BCUT2D eigenvalue weighted by Crippen LogP contribution is 2.22. The van der Waals surface area contributed by atoms with E-state index in [0.29, 0.717) is 23.1 Å². The second kappa shape index (κ2) is 11.7. The van der Waals surface area contributed by atoms with E-state index in [4.69, 9.17) is 0 Å². The predicted octanol–water partition coefficient (Wildman–Crippen LogP) is 5.56. The number of hydrogen-bond acceptors (Lipinski definition) is 4. The summed E-state index contributed by atoms with van der Waals surface area (Å²) in [5, 5.41) is 6.47. The molecule has 5 nitrogen and oxygen atoms in total. The molecule has 0 spiro atoms. The van der Waals surface area contributed by atoms with Crippen molar-refractivity contribution in [1.29, 1.82) is 0 Å². The second-order valence-electron chi connectivity index (χ2n) is 8.08. The van der Waals surface area contributed by atoms with Gasteiger partial charge in [-0.2, -0.15) is 0 Å². The van der Waals surface area contributed by atoms with Gasteiger partial charge in [0.15, 0.2) is 0 Å². The zero-order valence-corrected chi connectivity index (χ0v) is 19.1. The first-order chi connectivity index (χ1) is 15.0. The number of rotatable bonds is 9. The molecule has 0 saturated heterocycles. The van der Waals surface area contributed by atoms with Crippen LogP contribution in [0, 0.1) is 0 Å². The molecule has 0 unspecified atom stereocenters. The summed E-state index contributed by atoms with van der Waals surface area (Å²) in [7, 11) is 0. The number of nitrogens with zero attached hydrogens (tertiary/aromatic N) is 1. The molecule has 1 heterocycles. The van der Waals surface area contributed by atoms with Crippen LogP contribution in [0.15, 0.2) is 59.3 Å². The Balaban J connectivity index is 1.50.